The topological polar surface area (TPSA) is 35.2 Å². The van der Waals surface area contributed by atoms with Gasteiger partial charge in [-0.25, -0.2) is 0 Å². The predicted molar refractivity (Wildman–Crippen MR) is 60.3 cm³/mol. The fourth-order valence-corrected chi connectivity index (χ4v) is 2.46. The molecule has 0 saturated heterocycles. The fraction of sp³-hybridized carbons (Fsp3) is 1.00. The quantitative estimate of drug-likeness (QED) is 0.668. The highest BCUT2D eigenvalue weighted by atomic mass is 16.5. The molecule has 2 nitrogen and oxygen atoms in total. The van der Waals surface area contributed by atoms with Crippen LogP contribution in [0.4, 0.5) is 0 Å². The Morgan fingerprint density at radius 2 is 2.00 bits per heavy atom. The summed E-state index contributed by atoms with van der Waals surface area (Å²) in [5.41, 5.74) is 6.09. The Balaban J connectivity index is 2.03. The zero-order chi connectivity index (χ0) is 10.2. The standard InChI is InChI=1S/C12H25NO/c1-14-9-5-8-12(13)10-11-6-3-2-4-7-11/h11-12H,2-10,13H2,1H3. The van der Waals surface area contributed by atoms with Crippen LogP contribution in [0.2, 0.25) is 0 Å². The minimum absolute atomic E-state index is 0.410. The third-order valence-electron chi connectivity index (χ3n) is 3.28. The van der Waals surface area contributed by atoms with Crippen molar-refractivity contribution in [2.24, 2.45) is 11.7 Å². The third kappa shape index (κ3) is 4.97. The van der Waals surface area contributed by atoms with Crippen molar-refractivity contribution in [3.8, 4) is 0 Å². The average molecular weight is 199 g/mol. The first kappa shape index (κ1) is 12.0. The molecule has 14 heavy (non-hydrogen) atoms. The van der Waals surface area contributed by atoms with Crippen LogP contribution in [0.25, 0.3) is 0 Å². The molecule has 0 aromatic rings. The molecule has 1 aliphatic rings. The Hall–Kier alpha value is -0.0800. The molecule has 0 bridgehead atoms. The Morgan fingerprint density at radius 1 is 1.29 bits per heavy atom. The fourth-order valence-electron chi connectivity index (χ4n) is 2.46. The van der Waals surface area contributed by atoms with Gasteiger partial charge < -0.3 is 10.5 Å². The molecule has 1 unspecified atom stereocenters. The molecular weight excluding hydrogens is 174 g/mol. The molecule has 0 heterocycles. The highest BCUT2D eigenvalue weighted by Gasteiger charge is 2.16. The van der Waals surface area contributed by atoms with E-state index < -0.39 is 0 Å². The molecule has 1 atom stereocenters. The van der Waals surface area contributed by atoms with Crippen LogP contribution in [0, 0.1) is 5.92 Å². The Bertz CT molecular complexity index is 132. The van der Waals surface area contributed by atoms with Crippen molar-refractivity contribution in [2.45, 2.75) is 57.4 Å². The lowest BCUT2D eigenvalue weighted by molar-refractivity contribution is 0.188. The van der Waals surface area contributed by atoms with Gasteiger partial charge in [0.15, 0.2) is 0 Å². The number of hydrogen-bond donors (Lipinski definition) is 1. The summed E-state index contributed by atoms with van der Waals surface area (Å²) >= 11 is 0. The van der Waals surface area contributed by atoms with E-state index in [0.29, 0.717) is 6.04 Å². The van der Waals surface area contributed by atoms with E-state index in [4.69, 9.17) is 10.5 Å². The molecule has 0 aromatic carbocycles. The van der Waals surface area contributed by atoms with Crippen LogP contribution in [0.5, 0.6) is 0 Å². The second-order valence-corrected chi connectivity index (χ2v) is 4.63. The van der Waals surface area contributed by atoms with Crippen molar-refractivity contribution >= 4 is 0 Å². The van der Waals surface area contributed by atoms with E-state index in [1.54, 1.807) is 7.11 Å². The minimum Gasteiger partial charge on any atom is -0.385 e. The lowest BCUT2D eigenvalue weighted by Gasteiger charge is -2.24. The minimum atomic E-state index is 0.410. The normalized spacial score (nSPS) is 21.0. The maximum Gasteiger partial charge on any atom is 0.0462 e. The predicted octanol–water partition coefficient (Wildman–Crippen LogP) is 2.71. The van der Waals surface area contributed by atoms with Crippen molar-refractivity contribution < 1.29 is 4.74 Å². The largest absolute Gasteiger partial charge is 0.385 e. The van der Waals surface area contributed by atoms with Crippen LogP contribution in [-0.4, -0.2) is 19.8 Å². The highest BCUT2D eigenvalue weighted by Crippen LogP contribution is 2.27. The number of rotatable bonds is 6. The second-order valence-electron chi connectivity index (χ2n) is 4.63. The van der Waals surface area contributed by atoms with Crippen LogP contribution in [0.3, 0.4) is 0 Å². The van der Waals surface area contributed by atoms with Crippen LogP contribution in [0.15, 0.2) is 0 Å². The molecule has 2 N–H and O–H groups in total. The molecule has 1 aliphatic carbocycles. The van der Waals surface area contributed by atoms with Crippen LogP contribution >= 0.6 is 0 Å². The Kier molecular flexibility index (Phi) is 6.20. The second kappa shape index (κ2) is 7.24. The van der Waals surface area contributed by atoms with Crippen LogP contribution in [-0.2, 0) is 4.74 Å². The first-order chi connectivity index (χ1) is 6.83. The van der Waals surface area contributed by atoms with Gasteiger partial charge in [0.25, 0.3) is 0 Å². The summed E-state index contributed by atoms with van der Waals surface area (Å²) in [7, 11) is 1.76. The molecule has 1 rings (SSSR count). The van der Waals surface area contributed by atoms with Crippen molar-refractivity contribution in [3.63, 3.8) is 0 Å². The van der Waals surface area contributed by atoms with E-state index in [9.17, 15) is 0 Å². The zero-order valence-electron chi connectivity index (χ0n) is 9.50. The summed E-state index contributed by atoms with van der Waals surface area (Å²) in [6.07, 6.45) is 10.6. The van der Waals surface area contributed by atoms with Gasteiger partial charge in [-0.15, -0.1) is 0 Å². The first-order valence-corrected chi connectivity index (χ1v) is 6.07. The van der Waals surface area contributed by atoms with Crippen molar-refractivity contribution in [1.82, 2.24) is 0 Å². The van der Waals surface area contributed by atoms with Gasteiger partial charge in [0, 0.05) is 19.8 Å². The van der Waals surface area contributed by atoms with Gasteiger partial charge in [-0.3, -0.25) is 0 Å². The molecule has 1 fully saturated rings. The summed E-state index contributed by atoms with van der Waals surface area (Å²) in [4.78, 5) is 0. The molecular formula is C12H25NO. The maximum absolute atomic E-state index is 6.09. The zero-order valence-corrected chi connectivity index (χ0v) is 9.50. The van der Waals surface area contributed by atoms with E-state index in [-0.39, 0.29) is 0 Å². The SMILES string of the molecule is COCCCC(N)CC1CCCCC1. The van der Waals surface area contributed by atoms with E-state index >= 15 is 0 Å². The first-order valence-electron chi connectivity index (χ1n) is 6.07. The molecule has 84 valence electrons. The van der Waals surface area contributed by atoms with Crippen molar-refractivity contribution in [2.75, 3.05) is 13.7 Å². The van der Waals surface area contributed by atoms with E-state index in [1.165, 1.54) is 38.5 Å². The van der Waals surface area contributed by atoms with Gasteiger partial charge in [0.05, 0.1) is 0 Å². The summed E-state index contributed by atoms with van der Waals surface area (Å²) in [5.74, 6) is 0.918. The lowest BCUT2D eigenvalue weighted by Crippen LogP contribution is -2.25. The summed E-state index contributed by atoms with van der Waals surface area (Å²) < 4.78 is 5.03. The highest BCUT2D eigenvalue weighted by molar-refractivity contribution is 4.72. The third-order valence-corrected chi connectivity index (χ3v) is 3.28. The molecule has 1 saturated carbocycles. The lowest BCUT2D eigenvalue weighted by atomic mass is 9.84. The maximum atomic E-state index is 6.09. The molecule has 2 heteroatoms. The Morgan fingerprint density at radius 3 is 2.64 bits per heavy atom. The smallest absolute Gasteiger partial charge is 0.0462 e. The summed E-state index contributed by atoms with van der Waals surface area (Å²) in [6.45, 7) is 0.859. The number of methoxy groups -OCH3 is 1. The van der Waals surface area contributed by atoms with Gasteiger partial charge in [-0.2, -0.15) is 0 Å². The van der Waals surface area contributed by atoms with E-state index in [0.717, 1.165) is 25.4 Å². The molecule has 0 aliphatic heterocycles. The molecule has 0 amide bonds. The van der Waals surface area contributed by atoms with Gasteiger partial charge in [0.2, 0.25) is 0 Å². The summed E-state index contributed by atoms with van der Waals surface area (Å²) in [5, 5.41) is 0. The number of ether oxygens (including phenoxy) is 1. The molecule has 0 spiro atoms. The average Bonchev–Trinajstić information content (AvgIpc) is 2.20. The van der Waals surface area contributed by atoms with Gasteiger partial charge in [0.1, 0.15) is 0 Å². The van der Waals surface area contributed by atoms with E-state index in [2.05, 4.69) is 0 Å². The van der Waals surface area contributed by atoms with Crippen molar-refractivity contribution in [1.29, 1.82) is 0 Å². The molecule has 0 radical (unpaired) electrons. The van der Waals surface area contributed by atoms with E-state index in [1.807, 2.05) is 0 Å². The van der Waals surface area contributed by atoms with Crippen LogP contribution < -0.4 is 5.73 Å². The number of nitrogens with two attached hydrogens (primary N) is 1. The molecule has 0 aromatic heterocycles. The van der Waals surface area contributed by atoms with Crippen molar-refractivity contribution in [3.05, 3.63) is 0 Å². The van der Waals surface area contributed by atoms with Crippen LogP contribution in [0.1, 0.15) is 51.4 Å². The Labute approximate surface area is 88.2 Å². The number of hydrogen-bond acceptors (Lipinski definition) is 2. The van der Waals surface area contributed by atoms with Gasteiger partial charge >= 0.3 is 0 Å². The monoisotopic (exact) mass is 199 g/mol. The summed E-state index contributed by atoms with van der Waals surface area (Å²) in [6, 6.07) is 0.410. The van der Waals surface area contributed by atoms with Gasteiger partial charge in [-0.1, -0.05) is 32.1 Å². The van der Waals surface area contributed by atoms with Gasteiger partial charge in [-0.05, 0) is 25.2 Å².